The summed E-state index contributed by atoms with van der Waals surface area (Å²) in [7, 11) is 0. The fourth-order valence-electron chi connectivity index (χ4n) is 2.14. The van der Waals surface area contributed by atoms with Crippen LogP contribution in [-0.2, 0) is 25.6 Å². The Hall–Kier alpha value is -2.63. The average Bonchev–Trinajstić information content (AvgIpc) is 2.69. The van der Waals surface area contributed by atoms with Crippen LogP contribution in [0, 0.1) is 0 Å². The number of thiol groups is 1. The maximum absolute atomic E-state index is 12.5. The van der Waals surface area contributed by atoms with E-state index in [2.05, 4.69) is 28.6 Å². The van der Waals surface area contributed by atoms with Crippen LogP contribution >= 0.6 is 12.6 Å². The highest BCUT2D eigenvalue weighted by atomic mass is 32.1. The van der Waals surface area contributed by atoms with Crippen molar-refractivity contribution in [1.29, 1.82) is 0 Å². The Morgan fingerprint density at radius 2 is 1.68 bits per heavy atom. The topological polar surface area (TPSA) is 171 Å². The summed E-state index contributed by atoms with van der Waals surface area (Å²) in [4.78, 5) is 47.2. The number of aliphatic hydroxyl groups is 1. The molecule has 0 heterocycles. The number of aliphatic carboxylic acids is 1. The van der Waals surface area contributed by atoms with E-state index in [9.17, 15) is 19.2 Å². The van der Waals surface area contributed by atoms with E-state index in [1.54, 1.807) is 30.3 Å². The number of carbonyl (C=O) groups excluding carboxylic acids is 3. The van der Waals surface area contributed by atoms with Crippen molar-refractivity contribution >= 4 is 36.3 Å². The molecule has 0 radical (unpaired) electrons. The number of amides is 3. The first kappa shape index (κ1) is 23.4. The van der Waals surface area contributed by atoms with Crippen molar-refractivity contribution in [2.24, 2.45) is 5.73 Å². The molecule has 11 heteroatoms. The molecule has 3 atom stereocenters. The summed E-state index contributed by atoms with van der Waals surface area (Å²) >= 11 is 3.89. The Balaban J connectivity index is 2.79. The lowest BCUT2D eigenvalue weighted by Gasteiger charge is -2.21. The number of benzene rings is 1. The van der Waals surface area contributed by atoms with Crippen LogP contribution in [0.5, 0.6) is 0 Å². The molecular formula is C17H24N4O6S. The molecule has 1 aromatic carbocycles. The van der Waals surface area contributed by atoms with Crippen molar-refractivity contribution in [3.8, 4) is 0 Å². The van der Waals surface area contributed by atoms with Crippen LogP contribution in [0.4, 0.5) is 0 Å². The average molecular weight is 412 g/mol. The van der Waals surface area contributed by atoms with Gasteiger partial charge in [-0.2, -0.15) is 12.6 Å². The van der Waals surface area contributed by atoms with E-state index in [0.29, 0.717) is 0 Å². The molecule has 0 saturated carbocycles. The van der Waals surface area contributed by atoms with Crippen LogP contribution < -0.4 is 21.7 Å². The Bertz CT molecular complexity index is 687. The molecule has 0 aliphatic rings. The van der Waals surface area contributed by atoms with E-state index < -0.39 is 55.0 Å². The fraction of sp³-hybridized carbons (Fsp3) is 0.412. The first-order valence-corrected chi connectivity index (χ1v) is 9.03. The number of hydrogen-bond acceptors (Lipinski definition) is 7. The number of aliphatic hydroxyl groups excluding tert-OH is 1. The number of nitrogens with two attached hydrogens (primary N) is 1. The minimum atomic E-state index is -1.25. The van der Waals surface area contributed by atoms with Crippen LogP contribution in [0.1, 0.15) is 5.56 Å². The van der Waals surface area contributed by atoms with Gasteiger partial charge in [0.05, 0.1) is 13.2 Å². The van der Waals surface area contributed by atoms with Crippen molar-refractivity contribution in [2.45, 2.75) is 24.5 Å². The second-order valence-corrected chi connectivity index (χ2v) is 6.26. The third-order valence-electron chi connectivity index (χ3n) is 3.69. The summed E-state index contributed by atoms with van der Waals surface area (Å²) in [6, 6.07) is 5.37. The van der Waals surface area contributed by atoms with E-state index in [0.717, 1.165) is 5.56 Å². The number of carbonyl (C=O) groups is 4. The number of rotatable bonds is 11. The molecule has 10 nitrogen and oxygen atoms in total. The lowest BCUT2D eigenvalue weighted by molar-refractivity contribution is -0.141. The quantitative estimate of drug-likeness (QED) is 0.199. The molecule has 1 rings (SSSR count). The lowest BCUT2D eigenvalue weighted by atomic mass is 10.0. The lowest BCUT2D eigenvalue weighted by Crippen LogP contribution is -2.55. The molecule has 154 valence electrons. The summed E-state index contributed by atoms with van der Waals surface area (Å²) < 4.78 is 0. The van der Waals surface area contributed by atoms with Gasteiger partial charge in [0.25, 0.3) is 0 Å². The smallest absolute Gasteiger partial charge is 0.327 e. The summed E-state index contributed by atoms with van der Waals surface area (Å²) in [6.07, 6.45) is 0.113. The second kappa shape index (κ2) is 12.0. The zero-order valence-electron chi connectivity index (χ0n) is 15.0. The molecular weight excluding hydrogens is 388 g/mol. The molecule has 3 unspecified atom stereocenters. The molecule has 28 heavy (non-hydrogen) atoms. The van der Waals surface area contributed by atoms with Crippen LogP contribution in [0.25, 0.3) is 0 Å². The van der Waals surface area contributed by atoms with Gasteiger partial charge in [-0.05, 0) is 5.56 Å². The Morgan fingerprint density at radius 1 is 1.04 bits per heavy atom. The molecule has 0 spiro atoms. The highest BCUT2D eigenvalue weighted by Gasteiger charge is 2.26. The highest BCUT2D eigenvalue weighted by molar-refractivity contribution is 7.80. The molecule has 0 aliphatic heterocycles. The maximum Gasteiger partial charge on any atom is 0.327 e. The van der Waals surface area contributed by atoms with E-state index in [-0.39, 0.29) is 12.2 Å². The monoisotopic (exact) mass is 412 g/mol. The van der Waals surface area contributed by atoms with E-state index in [1.165, 1.54) is 0 Å². The molecule has 0 bridgehead atoms. The third kappa shape index (κ3) is 7.94. The van der Waals surface area contributed by atoms with Crippen molar-refractivity contribution in [2.75, 3.05) is 18.9 Å². The van der Waals surface area contributed by atoms with E-state index in [1.807, 2.05) is 0 Å². The predicted octanol–water partition coefficient (Wildman–Crippen LogP) is -2.35. The van der Waals surface area contributed by atoms with Crippen LogP contribution in [0.15, 0.2) is 30.3 Å². The highest BCUT2D eigenvalue weighted by Crippen LogP contribution is 2.04. The van der Waals surface area contributed by atoms with Crippen molar-refractivity contribution < 1.29 is 29.4 Å². The molecule has 0 aliphatic carbocycles. The number of carboxylic acids is 1. The molecule has 0 fully saturated rings. The predicted molar refractivity (Wildman–Crippen MR) is 104 cm³/mol. The fourth-order valence-corrected chi connectivity index (χ4v) is 2.39. The zero-order valence-corrected chi connectivity index (χ0v) is 15.9. The van der Waals surface area contributed by atoms with Crippen LogP contribution in [0.2, 0.25) is 0 Å². The van der Waals surface area contributed by atoms with Gasteiger partial charge in [-0.15, -0.1) is 0 Å². The first-order chi connectivity index (χ1) is 13.3. The van der Waals surface area contributed by atoms with Gasteiger partial charge in [0.1, 0.15) is 18.1 Å². The number of carboxylic acid groups (broad SMARTS) is 1. The Labute approximate surface area is 167 Å². The minimum Gasteiger partial charge on any atom is -0.480 e. The van der Waals surface area contributed by atoms with Gasteiger partial charge in [0, 0.05) is 12.2 Å². The summed E-state index contributed by atoms with van der Waals surface area (Å²) in [6.45, 7) is -1.03. The normalized spacial score (nSPS) is 13.7. The van der Waals surface area contributed by atoms with Gasteiger partial charge >= 0.3 is 5.97 Å². The largest absolute Gasteiger partial charge is 0.480 e. The standard InChI is InChI=1S/C17H24N4O6S/c18-11(8-22)15(24)19-7-14(23)20-12(6-10-4-2-1-3-5-10)16(25)21-13(9-28)17(26)27/h1-5,11-13,22,28H,6-9,18H2,(H,19,24)(H,20,23)(H,21,25)(H,26,27). The van der Waals surface area contributed by atoms with Gasteiger partial charge < -0.3 is 31.9 Å². The Kier molecular flexibility index (Phi) is 9.99. The molecule has 0 aromatic heterocycles. The first-order valence-electron chi connectivity index (χ1n) is 8.40. The molecule has 1 aromatic rings. The molecule has 7 N–H and O–H groups in total. The van der Waals surface area contributed by atoms with Gasteiger partial charge in [-0.1, -0.05) is 30.3 Å². The Morgan fingerprint density at radius 3 is 2.21 bits per heavy atom. The number of hydrogen-bond donors (Lipinski definition) is 7. The second-order valence-electron chi connectivity index (χ2n) is 5.90. The van der Waals surface area contributed by atoms with Gasteiger partial charge in [-0.25, -0.2) is 4.79 Å². The van der Waals surface area contributed by atoms with E-state index in [4.69, 9.17) is 15.9 Å². The van der Waals surface area contributed by atoms with Gasteiger partial charge in [0.15, 0.2) is 0 Å². The SMILES string of the molecule is NC(CO)C(=O)NCC(=O)NC(Cc1ccccc1)C(=O)NC(CS)C(=O)O. The maximum atomic E-state index is 12.5. The summed E-state index contributed by atoms with van der Waals surface area (Å²) in [5, 5.41) is 24.9. The van der Waals surface area contributed by atoms with Crippen molar-refractivity contribution in [1.82, 2.24) is 16.0 Å². The number of nitrogens with one attached hydrogen (secondary N) is 3. The summed E-state index contributed by atoms with van der Waals surface area (Å²) in [5.41, 5.74) is 6.07. The third-order valence-corrected chi connectivity index (χ3v) is 4.05. The van der Waals surface area contributed by atoms with Crippen LogP contribution in [0.3, 0.4) is 0 Å². The molecule has 0 saturated heterocycles. The minimum absolute atomic E-state index is 0.113. The molecule has 3 amide bonds. The van der Waals surface area contributed by atoms with Crippen LogP contribution in [-0.4, -0.2) is 70.9 Å². The zero-order chi connectivity index (χ0) is 21.1. The van der Waals surface area contributed by atoms with E-state index >= 15 is 0 Å². The van der Waals surface area contributed by atoms with Crippen molar-refractivity contribution in [3.63, 3.8) is 0 Å². The summed E-state index contributed by atoms with van der Waals surface area (Å²) in [5.74, 6) is -3.46. The van der Waals surface area contributed by atoms with Gasteiger partial charge in [-0.3, -0.25) is 14.4 Å². The van der Waals surface area contributed by atoms with Crippen molar-refractivity contribution in [3.05, 3.63) is 35.9 Å². The van der Waals surface area contributed by atoms with Gasteiger partial charge in [0.2, 0.25) is 17.7 Å².